The van der Waals surface area contributed by atoms with Gasteiger partial charge in [-0.1, -0.05) is 24.3 Å². The number of methoxy groups -OCH3 is 1. The van der Waals surface area contributed by atoms with Crippen LogP contribution in [-0.2, 0) is 5.41 Å². The zero-order chi connectivity index (χ0) is 18.3. The Bertz CT molecular complexity index is 964. The maximum Gasteiger partial charge on any atom is 0.194 e. The summed E-state index contributed by atoms with van der Waals surface area (Å²) in [5.41, 5.74) is 8.17. The second-order valence-corrected chi connectivity index (χ2v) is 7.52. The fourth-order valence-electron chi connectivity index (χ4n) is 4.48. The van der Waals surface area contributed by atoms with Gasteiger partial charge in [-0.25, -0.2) is 0 Å². The third-order valence-corrected chi connectivity index (χ3v) is 6.23. The summed E-state index contributed by atoms with van der Waals surface area (Å²) in [6.45, 7) is 0. The van der Waals surface area contributed by atoms with E-state index in [1.165, 1.54) is 11.5 Å². The Morgan fingerprint density at radius 1 is 1.31 bits per heavy atom. The van der Waals surface area contributed by atoms with E-state index in [1.807, 2.05) is 24.3 Å². The second-order valence-electron chi connectivity index (χ2n) is 6.72. The van der Waals surface area contributed by atoms with Crippen molar-refractivity contribution in [2.45, 2.75) is 30.6 Å². The Morgan fingerprint density at radius 3 is 2.81 bits per heavy atom. The Labute approximate surface area is 156 Å². The fourth-order valence-corrected chi connectivity index (χ4v) is 5.21. The Morgan fingerprint density at radius 2 is 2.08 bits per heavy atom. The molecule has 0 bridgehead atoms. The van der Waals surface area contributed by atoms with Gasteiger partial charge in [-0.05, 0) is 48.4 Å². The van der Waals surface area contributed by atoms with Crippen LogP contribution in [0.1, 0.15) is 42.0 Å². The highest BCUT2D eigenvalue weighted by Crippen LogP contribution is 2.59. The zero-order valence-corrected chi connectivity index (χ0v) is 15.2. The molecule has 2 N–H and O–H groups in total. The standard InChI is InChI=1S/C20H18N4OS/c1-25-15-9-5-4-8-14(15)17-13-7-3-2-6-12(13)16-18(24-26-19(16)23)20(17,10-21)11-22/h4-6,8-9,13,17H,2-3,7,23H2,1H3. The summed E-state index contributed by atoms with van der Waals surface area (Å²) in [6.07, 6.45) is 5.12. The SMILES string of the molecule is COc1ccccc1C1C2CCCC=C2c2c(nsc2N)C1(C#N)C#N. The predicted molar refractivity (Wildman–Crippen MR) is 100 cm³/mol. The molecule has 2 atom stereocenters. The van der Waals surface area contributed by atoms with Gasteiger partial charge < -0.3 is 10.5 Å². The van der Waals surface area contributed by atoms with Gasteiger partial charge in [-0.3, -0.25) is 0 Å². The van der Waals surface area contributed by atoms with Crippen LogP contribution in [0.4, 0.5) is 5.00 Å². The van der Waals surface area contributed by atoms with Crippen molar-refractivity contribution in [2.75, 3.05) is 12.8 Å². The number of anilines is 1. The summed E-state index contributed by atoms with van der Waals surface area (Å²) in [5, 5.41) is 20.9. The second kappa shape index (κ2) is 6.16. The molecule has 2 aliphatic carbocycles. The van der Waals surface area contributed by atoms with Gasteiger partial charge in [0.1, 0.15) is 10.8 Å². The lowest BCUT2D eigenvalue weighted by molar-refractivity contribution is 0.349. The van der Waals surface area contributed by atoms with Gasteiger partial charge in [0, 0.05) is 17.0 Å². The van der Waals surface area contributed by atoms with Crippen LogP contribution in [-0.4, -0.2) is 11.5 Å². The summed E-state index contributed by atoms with van der Waals surface area (Å²) in [4.78, 5) is 0. The summed E-state index contributed by atoms with van der Waals surface area (Å²) in [7, 11) is 1.62. The van der Waals surface area contributed by atoms with E-state index < -0.39 is 5.41 Å². The minimum atomic E-state index is -1.38. The lowest BCUT2D eigenvalue weighted by Gasteiger charge is -2.43. The van der Waals surface area contributed by atoms with Gasteiger partial charge in [0.05, 0.1) is 24.9 Å². The van der Waals surface area contributed by atoms with E-state index in [4.69, 9.17) is 10.5 Å². The molecule has 1 aromatic carbocycles. The minimum Gasteiger partial charge on any atom is -0.496 e. The highest BCUT2D eigenvalue weighted by Gasteiger charge is 2.55. The lowest BCUT2D eigenvalue weighted by atomic mass is 9.56. The van der Waals surface area contributed by atoms with E-state index in [0.29, 0.717) is 16.4 Å². The van der Waals surface area contributed by atoms with Crippen molar-refractivity contribution in [3.05, 3.63) is 47.2 Å². The molecule has 0 spiro atoms. The zero-order valence-electron chi connectivity index (χ0n) is 14.4. The number of hydrogen-bond acceptors (Lipinski definition) is 6. The van der Waals surface area contributed by atoms with Gasteiger partial charge in [-0.2, -0.15) is 14.9 Å². The van der Waals surface area contributed by atoms with E-state index >= 15 is 0 Å². The van der Waals surface area contributed by atoms with Crippen molar-refractivity contribution in [1.82, 2.24) is 4.37 Å². The highest BCUT2D eigenvalue weighted by molar-refractivity contribution is 7.10. The molecule has 0 radical (unpaired) electrons. The number of rotatable bonds is 2. The average Bonchev–Trinajstić information content (AvgIpc) is 3.09. The number of allylic oxidation sites excluding steroid dienone is 2. The molecule has 2 aromatic rings. The molecule has 2 unspecified atom stereocenters. The van der Waals surface area contributed by atoms with Crippen LogP contribution < -0.4 is 10.5 Å². The monoisotopic (exact) mass is 362 g/mol. The van der Waals surface area contributed by atoms with Crippen LogP contribution >= 0.6 is 11.5 Å². The molecular formula is C20H18N4OS. The van der Waals surface area contributed by atoms with Crippen molar-refractivity contribution >= 4 is 22.1 Å². The average molecular weight is 362 g/mol. The number of nitrogens with zero attached hydrogens (tertiary/aromatic N) is 3. The third-order valence-electron chi connectivity index (χ3n) is 5.56. The topological polar surface area (TPSA) is 95.7 Å². The third kappa shape index (κ3) is 2.09. The van der Waals surface area contributed by atoms with E-state index in [2.05, 4.69) is 22.6 Å². The normalized spacial score (nSPS) is 23.0. The van der Waals surface area contributed by atoms with Crippen LogP contribution in [0.25, 0.3) is 5.57 Å². The van der Waals surface area contributed by atoms with Crippen molar-refractivity contribution in [2.24, 2.45) is 5.92 Å². The van der Waals surface area contributed by atoms with E-state index in [-0.39, 0.29) is 11.8 Å². The summed E-state index contributed by atoms with van der Waals surface area (Å²) in [6, 6.07) is 12.3. The van der Waals surface area contributed by atoms with Crippen LogP contribution in [0.5, 0.6) is 5.75 Å². The minimum absolute atomic E-state index is 0.0468. The highest BCUT2D eigenvalue weighted by atomic mass is 32.1. The van der Waals surface area contributed by atoms with E-state index in [1.54, 1.807) is 7.11 Å². The van der Waals surface area contributed by atoms with Crippen LogP contribution in [0.15, 0.2) is 30.3 Å². The Hall–Kier alpha value is -2.83. The van der Waals surface area contributed by atoms with E-state index in [9.17, 15) is 10.5 Å². The molecule has 2 aliphatic rings. The molecule has 26 heavy (non-hydrogen) atoms. The quantitative estimate of drug-likeness (QED) is 0.871. The number of nitrogens with two attached hydrogens (primary N) is 1. The number of nitriles is 2. The number of para-hydroxylation sites is 1. The van der Waals surface area contributed by atoms with Crippen molar-refractivity contribution in [1.29, 1.82) is 10.5 Å². The number of fused-ring (bicyclic) bond motifs is 3. The van der Waals surface area contributed by atoms with Crippen LogP contribution in [0.3, 0.4) is 0 Å². The molecular weight excluding hydrogens is 344 g/mol. The van der Waals surface area contributed by atoms with Crippen LogP contribution in [0.2, 0.25) is 0 Å². The molecule has 1 aromatic heterocycles. The summed E-state index contributed by atoms with van der Waals surface area (Å²) in [5.74, 6) is 0.406. The first kappa shape index (κ1) is 16.6. The largest absolute Gasteiger partial charge is 0.496 e. The first-order valence-electron chi connectivity index (χ1n) is 8.59. The van der Waals surface area contributed by atoms with Gasteiger partial charge in [0.25, 0.3) is 0 Å². The Kier molecular flexibility index (Phi) is 3.94. The molecule has 4 rings (SSSR count). The van der Waals surface area contributed by atoms with Crippen molar-refractivity contribution in [3.63, 3.8) is 0 Å². The molecule has 0 amide bonds. The Balaban J connectivity index is 2.07. The molecule has 0 saturated carbocycles. The molecule has 5 nitrogen and oxygen atoms in total. The molecule has 130 valence electrons. The number of hydrogen-bond donors (Lipinski definition) is 1. The number of benzene rings is 1. The predicted octanol–water partition coefficient (Wildman–Crippen LogP) is 4.00. The number of ether oxygens (including phenoxy) is 1. The molecule has 6 heteroatoms. The molecule has 0 aliphatic heterocycles. The van der Waals surface area contributed by atoms with Gasteiger partial charge in [0.2, 0.25) is 0 Å². The first-order chi connectivity index (χ1) is 12.7. The maximum absolute atomic E-state index is 10.2. The van der Waals surface area contributed by atoms with Crippen molar-refractivity contribution < 1.29 is 4.74 Å². The summed E-state index contributed by atoms with van der Waals surface area (Å²) >= 11 is 1.17. The number of aromatic nitrogens is 1. The van der Waals surface area contributed by atoms with Gasteiger partial charge >= 0.3 is 0 Å². The fraction of sp³-hybridized carbons (Fsp3) is 0.350. The van der Waals surface area contributed by atoms with Gasteiger partial charge in [0.15, 0.2) is 5.41 Å². The smallest absolute Gasteiger partial charge is 0.194 e. The number of nitrogen functional groups attached to an aromatic ring is 1. The van der Waals surface area contributed by atoms with Crippen molar-refractivity contribution in [3.8, 4) is 17.9 Å². The van der Waals surface area contributed by atoms with Crippen LogP contribution in [0, 0.1) is 28.6 Å². The molecule has 0 saturated heterocycles. The summed E-state index contributed by atoms with van der Waals surface area (Å²) < 4.78 is 10.0. The van der Waals surface area contributed by atoms with Gasteiger partial charge in [-0.15, -0.1) is 0 Å². The maximum atomic E-state index is 10.2. The molecule has 0 fully saturated rings. The lowest BCUT2D eigenvalue weighted by Crippen LogP contribution is -2.41. The first-order valence-corrected chi connectivity index (χ1v) is 9.36. The van der Waals surface area contributed by atoms with E-state index in [0.717, 1.165) is 36.0 Å². The molecule has 1 heterocycles.